The molecule has 0 bridgehead atoms. The summed E-state index contributed by atoms with van der Waals surface area (Å²) in [5, 5.41) is 14.6. The Balaban J connectivity index is 1.94. The largest absolute Gasteiger partial charge is 0.489 e. The van der Waals surface area contributed by atoms with E-state index in [4.69, 9.17) is 9.84 Å². The van der Waals surface area contributed by atoms with Gasteiger partial charge in [0.15, 0.2) is 0 Å². The summed E-state index contributed by atoms with van der Waals surface area (Å²) in [5.41, 5.74) is 2.24. The normalized spacial score (nSPS) is 11.7. The van der Waals surface area contributed by atoms with Crippen LogP contribution in [0.3, 0.4) is 0 Å². The van der Waals surface area contributed by atoms with Crippen LogP contribution in [-0.2, 0) is 6.61 Å². The van der Waals surface area contributed by atoms with E-state index < -0.39 is 0 Å². The van der Waals surface area contributed by atoms with Crippen LogP contribution in [0.1, 0.15) is 24.5 Å². The Labute approximate surface area is 146 Å². The second-order valence-electron chi connectivity index (χ2n) is 5.78. The molecule has 0 aliphatic carbocycles. The minimum atomic E-state index is -0.363. The van der Waals surface area contributed by atoms with Crippen LogP contribution in [-0.4, -0.2) is 23.8 Å². The van der Waals surface area contributed by atoms with Gasteiger partial charge >= 0.3 is 6.03 Å². The molecule has 0 fully saturated rings. The summed E-state index contributed by atoms with van der Waals surface area (Å²) in [6, 6.07) is 10.9. The van der Waals surface area contributed by atoms with Crippen LogP contribution in [0.4, 0.5) is 14.9 Å². The summed E-state index contributed by atoms with van der Waals surface area (Å²) in [7, 11) is 0. The van der Waals surface area contributed by atoms with Crippen molar-refractivity contribution in [3.63, 3.8) is 0 Å². The standard InChI is InChI=1S/C19H23FN2O3/c1-3-16(11-23)21-19(24)22-18-8-7-17(9-13(18)2)25-12-14-5-4-6-15(20)10-14/h4-10,16,23H,3,11-12H2,1-2H3,(H2,21,22,24). The van der Waals surface area contributed by atoms with Crippen molar-refractivity contribution >= 4 is 11.7 Å². The number of carbonyl (C=O) groups excluding carboxylic acids is 1. The van der Waals surface area contributed by atoms with Crippen LogP contribution in [0.15, 0.2) is 42.5 Å². The summed E-state index contributed by atoms with van der Waals surface area (Å²) < 4.78 is 18.8. The van der Waals surface area contributed by atoms with Crippen molar-refractivity contribution in [2.45, 2.75) is 32.9 Å². The third kappa shape index (κ3) is 5.76. The maximum atomic E-state index is 13.2. The van der Waals surface area contributed by atoms with Crippen molar-refractivity contribution in [3.8, 4) is 5.75 Å². The molecule has 0 aromatic heterocycles. The van der Waals surface area contributed by atoms with E-state index in [1.165, 1.54) is 12.1 Å². The number of aliphatic hydroxyl groups excluding tert-OH is 1. The number of amides is 2. The number of ether oxygens (including phenoxy) is 1. The van der Waals surface area contributed by atoms with Gasteiger partial charge in [0.2, 0.25) is 0 Å². The van der Waals surface area contributed by atoms with Crippen molar-refractivity contribution in [2.24, 2.45) is 0 Å². The minimum absolute atomic E-state index is 0.101. The van der Waals surface area contributed by atoms with E-state index in [9.17, 15) is 9.18 Å². The number of halogens is 1. The van der Waals surface area contributed by atoms with Gasteiger partial charge in [0.25, 0.3) is 0 Å². The molecule has 1 unspecified atom stereocenters. The summed E-state index contributed by atoms with van der Waals surface area (Å²) in [4.78, 5) is 11.9. The Bertz CT molecular complexity index is 718. The fourth-order valence-electron chi connectivity index (χ4n) is 2.28. The predicted molar refractivity (Wildman–Crippen MR) is 95.2 cm³/mol. The highest BCUT2D eigenvalue weighted by Gasteiger charge is 2.10. The van der Waals surface area contributed by atoms with Crippen molar-refractivity contribution in [3.05, 3.63) is 59.4 Å². The van der Waals surface area contributed by atoms with Gasteiger partial charge in [0.05, 0.1) is 12.6 Å². The van der Waals surface area contributed by atoms with Crippen LogP contribution in [0, 0.1) is 12.7 Å². The Kier molecular flexibility index (Phi) is 6.77. The molecule has 6 heteroatoms. The smallest absolute Gasteiger partial charge is 0.319 e. The van der Waals surface area contributed by atoms with Gasteiger partial charge in [0, 0.05) is 5.69 Å². The summed E-state index contributed by atoms with van der Waals surface area (Å²) in [5.74, 6) is 0.339. The number of nitrogens with one attached hydrogen (secondary N) is 2. The molecule has 2 amide bonds. The first-order chi connectivity index (χ1) is 12.0. The summed E-state index contributed by atoms with van der Waals surface area (Å²) >= 11 is 0. The molecule has 0 spiro atoms. The number of carbonyl (C=O) groups is 1. The van der Waals surface area contributed by atoms with Gasteiger partial charge in [-0.15, -0.1) is 0 Å². The number of hydrogen-bond donors (Lipinski definition) is 3. The molecule has 134 valence electrons. The SMILES string of the molecule is CCC(CO)NC(=O)Nc1ccc(OCc2cccc(F)c2)cc1C. The van der Waals surface area contributed by atoms with Gasteiger partial charge in [-0.2, -0.15) is 0 Å². The zero-order chi connectivity index (χ0) is 18.2. The first-order valence-corrected chi connectivity index (χ1v) is 8.18. The van der Waals surface area contributed by atoms with Crippen LogP contribution in [0.5, 0.6) is 5.75 Å². The van der Waals surface area contributed by atoms with Crippen LogP contribution >= 0.6 is 0 Å². The van der Waals surface area contributed by atoms with Crippen molar-refractivity contribution in [2.75, 3.05) is 11.9 Å². The summed E-state index contributed by atoms with van der Waals surface area (Å²) in [6.45, 7) is 3.90. The number of urea groups is 1. The molecule has 2 aromatic rings. The maximum Gasteiger partial charge on any atom is 0.319 e. The van der Waals surface area contributed by atoms with E-state index in [-0.39, 0.29) is 31.1 Å². The van der Waals surface area contributed by atoms with E-state index in [1.54, 1.807) is 30.3 Å². The minimum Gasteiger partial charge on any atom is -0.489 e. The van der Waals surface area contributed by atoms with Gasteiger partial charge in [-0.3, -0.25) is 0 Å². The zero-order valence-electron chi connectivity index (χ0n) is 14.4. The number of aryl methyl sites for hydroxylation is 1. The van der Waals surface area contributed by atoms with Gasteiger partial charge in [0.1, 0.15) is 18.2 Å². The average Bonchev–Trinajstić information content (AvgIpc) is 2.60. The maximum absolute atomic E-state index is 13.2. The van der Waals surface area contributed by atoms with Crippen LogP contribution in [0.25, 0.3) is 0 Å². The molecule has 0 heterocycles. The Morgan fingerprint density at radius 1 is 1.28 bits per heavy atom. The van der Waals surface area contributed by atoms with Gasteiger partial charge in [-0.1, -0.05) is 19.1 Å². The first-order valence-electron chi connectivity index (χ1n) is 8.18. The fourth-order valence-corrected chi connectivity index (χ4v) is 2.28. The quantitative estimate of drug-likeness (QED) is 0.717. The highest BCUT2D eigenvalue weighted by Crippen LogP contribution is 2.22. The fraction of sp³-hybridized carbons (Fsp3) is 0.316. The zero-order valence-corrected chi connectivity index (χ0v) is 14.4. The Morgan fingerprint density at radius 3 is 2.72 bits per heavy atom. The van der Waals surface area contributed by atoms with E-state index in [0.29, 0.717) is 17.9 Å². The molecule has 3 N–H and O–H groups in total. The average molecular weight is 346 g/mol. The highest BCUT2D eigenvalue weighted by molar-refractivity contribution is 5.90. The Morgan fingerprint density at radius 2 is 2.08 bits per heavy atom. The molecule has 0 radical (unpaired) electrons. The second kappa shape index (κ2) is 9.03. The molecule has 1 atom stereocenters. The first kappa shape index (κ1) is 18.7. The third-order valence-electron chi connectivity index (χ3n) is 3.79. The number of anilines is 1. The monoisotopic (exact) mass is 346 g/mol. The van der Waals surface area contributed by atoms with Crippen LogP contribution < -0.4 is 15.4 Å². The van der Waals surface area contributed by atoms with Gasteiger partial charge < -0.3 is 20.5 Å². The lowest BCUT2D eigenvalue weighted by atomic mass is 10.2. The van der Waals surface area contributed by atoms with E-state index >= 15 is 0 Å². The molecule has 0 saturated carbocycles. The number of benzene rings is 2. The molecule has 0 aliphatic rings. The summed E-state index contributed by atoms with van der Waals surface area (Å²) in [6.07, 6.45) is 0.649. The number of aliphatic hydroxyl groups is 1. The molecule has 2 rings (SSSR count). The van der Waals surface area contributed by atoms with E-state index in [0.717, 1.165) is 11.1 Å². The van der Waals surface area contributed by atoms with Gasteiger partial charge in [-0.05, 0) is 54.8 Å². The number of rotatable bonds is 7. The molecule has 2 aromatic carbocycles. The number of hydrogen-bond acceptors (Lipinski definition) is 3. The van der Waals surface area contributed by atoms with Crippen LogP contribution in [0.2, 0.25) is 0 Å². The van der Waals surface area contributed by atoms with E-state index in [2.05, 4.69) is 10.6 Å². The van der Waals surface area contributed by atoms with Gasteiger partial charge in [-0.25, -0.2) is 9.18 Å². The predicted octanol–water partition coefficient (Wildman–Crippen LogP) is 3.61. The van der Waals surface area contributed by atoms with Crippen molar-refractivity contribution in [1.29, 1.82) is 0 Å². The lowest BCUT2D eigenvalue weighted by Crippen LogP contribution is -2.39. The topological polar surface area (TPSA) is 70.6 Å². The lowest BCUT2D eigenvalue weighted by Gasteiger charge is -2.16. The molecule has 0 aliphatic heterocycles. The van der Waals surface area contributed by atoms with E-state index in [1.807, 2.05) is 13.8 Å². The molecular weight excluding hydrogens is 323 g/mol. The highest BCUT2D eigenvalue weighted by atomic mass is 19.1. The molecule has 25 heavy (non-hydrogen) atoms. The molecular formula is C19H23FN2O3. The lowest BCUT2D eigenvalue weighted by molar-refractivity contribution is 0.222. The third-order valence-corrected chi connectivity index (χ3v) is 3.79. The second-order valence-corrected chi connectivity index (χ2v) is 5.78. The molecule has 0 saturated heterocycles. The van der Waals surface area contributed by atoms with Crippen molar-refractivity contribution in [1.82, 2.24) is 5.32 Å². The molecule has 5 nitrogen and oxygen atoms in total. The van der Waals surface area contributed by atoms with Crippen molar-refractivity contribution < 1.29 is 19.0 Å². The Hall–Kier alpha value is -2.60.